The highest BCUT2D eigenvalue weighted by molar-refractivity contribution is 7.80. The first kappa shape index (κ1) is 16.3. The Morgan fingerprint density at radius 2 is 2.14 bits per heavy atom. The van der Waals surface area contributed by atoms with Gasteiger partial charge >= 0.3 is 0 Å². The largest absolute Gasteiger partial charge is 0.379 e. The van der Waals surface area contributed by atoms with E-state index >= 15 is 0 Å². The molecule has 0 radical (unpaired) electrons. The van der Waals surface area contributed by atoms with Crippen molar-refractivity contribution in [3.63, 3.8) is 0 Å². The number of thiocarbonyl (C=S) groups is 1. The van der Waals surface area contributed by atoms with Gasteiger partial charge in [-0.05, 0) is 12.1 Å². The summed E-state index contributed by atoms with van der Waals surface area (Å²) in [5, 5.41) is 0. The third-order valence-corrected chi connectivity index (χ3v) is 4.42. The van der Waals surface area contributed by atoms with E-state index in [1.807, 2.05) is 37.2 Å². The first-order valence-electron chi connectivity index (χ1n) is 7.08. The summed E-state index contributed by atoms with van der Waals surface area (Å²) in [5.74, 6) is 0. The van der Waals surface area contributed by atoms with Crippen LogP contribution < -0.4 is 0 Å². The van der Waals surface area contributed by atoms with E-state index in [0.717, 1.165) is 37.0 Å². The van der Waals surface area contributed by atoms with E-state index in [9.17, 15) is 0 Å². The maximum atomic E-state index is 5.92. The molecule has 0 spiro atoms. The summed E-state index contributed by atoms with van der Waals surface area (Å²) in [6, 6.07) is 5.84. The molecule has 0 aliphatic carbocycles. The van der Waals surface area contributed by atoms with E-state index in [2.05, 4.69) is 9.88 Å². The zero-order valence-electron chi connectivity index (χ0n) is 12.9. The fraction of sp³-hybridized carbons (Fsp3) is 0.600. The highest BCUT2D eigenvalue weighted by Crippen LogP contribution is 2.28. The van der Waals surface area contributed by atoms with Crippen LogP contribution in [0.5, 0.6) is 0 Å². The molecule has 21 heavy (non-hydrogen) atoms. The van der Waals surface area contributed by atoms with Crippen molar-refractivity contribution in [3.05, 3.63) is 30.1 Å². The Balaban J connectivity index is 2.34. The number of hydrogen-bond acceptors (Lipinski definition) is 5. The Hall–Kier alpha value is -1.08. The quantitative estimate of drug-likeness (QED) is 0.760. The lowest BCUT2D eigenvalue weighted by Crippen LogP contribution is -2.54. The second-order valence-corrected chi connectivity index (χ2v) is 5.72. The van der Waals surface area contributed by atoms with Crippen LogP contribution in [0.4, 0.5) is 0 Å². The van der Waals surface area contributed by atoms with E-state index in [0.29, 0.717) is 6.54 Å². The Bertz CT molecular complexity index is 463. The van der Waals surface area contributed by atoms with Crippen LogP contribution in [0, 0.1) is 0 Å². The second kappa shape index (κ2) is 7.26. The van der Waals surface area contributed by atoms with Gasteiger partial charge in [-0.2, -0.15) is 0 Å². The zero-order chi connectivity index (χ0) is 15.3. The molecule has 1 aliphatic rings. The smallest absolute Gasteiger partial charge is 0.172 e. The molecule has 1 unspecified atom stereocenters. The van der Waals surface area contributed by atoms with E-state index in [1.54, 1.807) is 13.3 Å². The minimum absolute atomic E-state index is 0.681. The number of morpholine rings is 1. The van der Waals surface area contributed by atoms with Crippen LogP contribution in [0.15, 0.2) is 24.4 Å². The van der Waals surface area contributed by atoms with Gasteiger partial charge in [0.1, 0.15) is 4.99 Å². The number of methoxy groups -OCH3 is 1. The third kappa shape index (κ3) is 3.58. The SMILES string of the molecule is COC(CN1CCOCC1)(C(=S)N(C)C)c1ccccn1. The van der Waals surface area contributed by atoms with Crippen molar-refractivity contribution in [3.8, 4) is 0 Å². The average Bonchev–Trinajstić information content (AvgIpc) is 2.53. The molecule has 116 valence electrons. The number of ether oxygens (including phenoxy) is 2. The molecule has 1 aliphatic heterocycles. The number of nitrogens with zero attached hydrogens (tertiary/aromatic N) is 3. The monoisotopic (exact) mass is 309 g/mol. The lowest BCUT2D eigenvalue weighted by Gasteiger charge is -2.40. The molecular weight excluding hydrogens is 286 g/mol. The fourth-order valence-electron chi connectivity index (χ4n) is 2.55. The summed E-state index contributed by atoms with van der Waals surface area (Å²) >= 11 is 5.66. The number of pyridine rings is 1. The molecule has 0 aromatic carbocycles. The Kier molecular flexibility index (Phi) is 5.64. The number of hydrogen-bond donors (Lipinski definition) is 0. The summed E-state index contributed by atoms with van der Waals surface area (Å²) < 4.78 is 11.3. The molecule has 1 fully saturated rings. The van der Waals surface area contributed by atoms with E-state index in [4.69, 9.17) is 21.7 Å². The summed E-state index contributed by atoms with van der Waals surface area (Å²) in [6.07, 6.45) is 1.78. The van der Waals surface area contributed by atoms with Crippen LogP contribution in [0.3, 0.4) is 0 Å². The van der Waals surface area contributed by atoms with Crippen molar-refractivity contribution in [1.82, 2.24) is 14.8 Å². The molecule has 0 amide bonds. The highest BCUT2D eigenvalue weighted by Gasteiger charge is 2.41. The van der Waals surface area contributed by atoms with Gasteiger partial charge in [-0.15, -0.1) is 0 Å². The maximum absolute atomic E-state index is 5.92. The highest BCUT2D eigenvalue weighted by atomic mass is 32.1. The summed E-state index contributed by atoms with van der Waals surface area (Å²) in [7, 11) is 5.58. The van der Waals surface area contributed by atoms with E-state index < -0.39 is 5.60 Å². The molecule has 1 aromatic heterocycles. The molecule has 2 rings (SSSR count). The van der Waals surface area contributed by atoms with Gasteiger partial charge in [0.05, 0.1) is 18.9 Å². The maximum Gasteiger partial charge on any atom is 0.172 e. The number of rotatable bonds is 5. The van der Waals surface area contributed by atoms with Crippen LogP contribution in [0.1, 0.15) is 5.69 Å². The summed E-state index contributed by atoms with van der Waals surface area (Å²) in [5.41, 5.74) is 0.134. The van der Waals surface area contributed by atoms with E-state index in [-0.39, 0.29) is 0 Å². The first-order chi connectivity index (χ1) is 10.1. The first-order valence-corrected chi connectivity index (χ1v) is 7.49. The molecule has 0 saturated carbocycles. The average molecular weight is 309 g/mol. The minimum Gasteiger partial charge on any atom is -0.379 e. The second-order valence-electron chi connectivity index (χ2n) is 5.33. The van der Waals surface area contributed by atoms with E-state index in [1.165, 1.54) is 0 Å². The van der Waals surface area contributed by atoms with Crippen molar-refractivity contribution in [2.75, 3.05) is 54.1 Å². The molecule has 1 saturated heterocycles. The van der Waals surface area contributed by atoms with Crippen molar-refractivity contribution in [2.24, 2.45) is 0 Å². The van der Waals surface area contributed by atoms with Crippen LogP contribution in [-0.4, -0.2) is 73.8 Å². The molecule has 2 heterocycles. The third-order valence-electron chi connectivity index (χ3n) is 3.73. The lowest BCUT2D eigenvalue weighted by molar-refractivity contribution is -0.0278. The van der Waals surface area contributed by atoms with Crippen LogP contribution in [-0.2, 0) is 15.1 Å². The molecule has 0 bridgehead atoms. The van der Waals surface area contributed by atoms with Crippen molar-refractivity contribution < 1.29 is 9.47 Å². The number of likely N-dealkylation sites (N-methyl/N-ethyl adjacent to an activating group) is 1. The predicted molar refractivity (Wildman–Crippen MR) is 86.5 cm³/mol. The van der Waals surface area contributed by atoms with Gasteiger partial charge in [0.15, 0.2) is 5.60 Å². The van der Waals surface area contributed by atoms with Crippen molar-refractivity contribution in [1.29, 1.82) is 0 Å². The van der Waals surface area contributed by atoms with Crippen LogP contribution >= 0.6 is 12.2 Å². The van der Waals surface area contributed by atoms with Gasteiger partial charge in [-0.25, -0.2) is 0 Å². The Morgan fingerprint density at radius 3 is 2.67 bits per heavy atom. The molecule has 1 aromatic rings. The topological polar surface area (TPSA) is 37.8 Å². The number of aromatic nitrogens is 1. The molecule has 1 atom stereocenters. The van der Waals surface area contributed by atoms with Crippen LogP contribution in [0.25, 0.3) is 0 Å². The van der Waals surface area contributed by atoms with Crippen LogP contribution in [0.2, 0.25) is 0 Å². The molecular formula is C15H23N3O2S. The van der Waals surface area contributed by atoms with Gasteiger partial charge in [0.25, 0.3) is 0 Å². The van der Waals surface area contributed by atoms with Gasteiger partial charge in [-0.1, -0.05) is 18.3 Å². The summed E-state index contributed by atoms with van der Waals surface area (Å²) in [6.45, 7) is 3.94. The normalized spacial score (nSPS) is 19.0. The minimum atomic E-state index is -0.711. The predicted octanol–water partition coefficient (Wildman–Crippen LogP) is 1.14. The zero-order valence-corrected chi connectivity index (χ0v) is 13.7. The lowest BCUT2D eigenvalue weighted by atomic mass is 9.96. The standard InChI is InChI=1S/C15H23N3O2S/c1-17(2)14(21)15(19-3,13-6-4-5-7-16-13)12-18-8-10-20-11-9-18/h4-7H,8-12H2,1-3H3. The Morgan fingerprint density at radius 1 is 1.43 bits per heavy atom. The van der Waals surface area contributed by atoms with Gasteiger partial charge in [0, 0.05) is 47.0 Å². The van der Waals surface area contributed by atoms with Gasteiger partial charge in [0.2, 0.25) is 0 Å². The fourth-order valence-corrected chi connectivity index (χ4v) is 2.80. The van der Waals surface area contributed by atoms with Crippen molar-refractivity contribution in [2.45, 2.75) is 5.60 Å². The van der Waals surface area contributed by atoms with Crippen molar-refractivity contribution >= 4 is 17.2 Å². The molecule has 6 heteroatoms. The molecule has 5 nitrogen and oxygen atoms in total. The molecule has 0 N–H and O–H groups in total. The summed E-state index contributed by atoms with van der Waals surface area (Å²) in [4.78, 5) is 9.47. The van der Waals surface area contributed by atoms with Gasteiger partial charge in [-0.3, -0.25) is 9.88 Å². The Labute approximate surface area is 131 Å². The van der Waals surface area contributed by atoms with Gasteiger partial charge < -0.3 is 14.4 Å².